The summed E-state index contributed by atoms with van der Waals surface area (Å²) in [4.78, 5) is 21.1. The van der Waals surface area contributed by atoms with Crippen LogP contribution in [0, 0.1) is 12.7 Å². The number of nitrogen functional groups attached to an aromatic ring is 1. The summed E-state index contributed by atoms with van der Waals surface area (Å²) in [6, 6.07) is 11.7. The number of aliphatic imine (C=N–C) groups is 1. The molecule has 3 aromatic rings. The van der Waals surface area contributed by atoms with Crippen LogP contribution in [0.2, 0.25) is 5.02 Å². The standard InChI is InChI=1S/C19H15ClFN5O/c1-10-24-18(19(27)25-22)16-9-23-17(12-4-2-3-5-14(12)21)13-8-11(20)6-7-15(13)26(10)16/h2-8H,9,22H2,1H3,(H,25,27). The topological polar surface area (TPSA) is 85.3 Å². The number of hydrazine groups is 1. The average Bonchev–Trinajstić information content (AvgIpc) is 2.89. The number of nitrogens with one attached hydrogen (secondary N) is 1. The van der Waals surface area contributed by atoms with Crippen molar-refractivity contribution in [2.75, 3.05) is 0 Å². The van der Waals surface area contributed by atoms with Crippen LogP contribution >= 0.6 is 11.6 Å². The number of halogens is 2. The fourth-order valence-electron chi connectivity index (χ4n) is 3.31. The van der Waals surface area contributed by atoms with Gasteiger partial charge >= 0.3 is 0 Å². The first kappa shape index (κ1) is 17.4. The molecule has 3 N–H and O–H groups in total. The van der Waals surface area contributed by atoms with Crippen molar-refractivity contribution < 1.29 is 9.18 Å². The molecule has 6 nitrogen and oxygen atoms in total. The first-order chi connectivity index (χ1) is 13.0. The Morgan fingerprint density at radius 1 is 1.26 bits per heavy atom. The number of aromatic nitrogens is 2. The summed E-state index contributed by atoms with van der Waals surface area (Å²) in [6.07, 6.45) is 0. The van der Waals surface area contributed by atoms with E-state index in [1.54, 1.807) is 37.3 Å². The molecule has 27 heavy (non-hydrogen) atoms. The number of benzene rings is 2. The van der Waals surface area contributed by atoms with Crippen molar-refractivity contribution in [1.29, 1.82) is 0 Å². The third kappa shape index (κ3) is 2.81. The Balaban J connectivity index is 2.02. The van der Waals surface area contributed by atoms with E-state index in [1.165, 1.54) is 6.07 Å². The van der Waals surface area contributed by atoms with Gasteiger partial charge in [-0.15, -0.1) is 0 Å². The summed E-state index contributed by atoms with van der Waals surface area (Å²) in [5.41, 5.74) is 5.07. The van der Waals surface area contributed by atoms with Gasteiger partial charge in [0.2, 0.25) is 0 Å². The van der Waals surface area contributed by atoms with Crippen LogP contribution in [0.5, 0.6) is 0 Å². The largest absolute Gasteiger partial charge is 0.298 e. The zero-order valence-corrected chi connectivity index (χ0v) is 15.1. The van der Waals surface area contributed by atoms with Crippen molar-refractivity contribution in [3.63, 3.8) is 0 Å². The lowest BCUT2D eigenvalue weighted by Crippen LogP contribution is -2.31. The average molecular weight is 384 g/mol. The van der Waals surface area contributed by atoms with E-state index in [0.717, 1.165) is 5.69 Å². The molecule has 4 rings (SSSR count). The molecule has 8 heteroatoms. The van der Waals surface area contributed by atoms with Crippen LogP contribution in [0.3, 0.4) is 0 Å². The second kappa shape index (κ2) is 6.61. The number of hydrogen-bond acceptors (Lipinski definition) is 4. The molecule has 0 bridgehead atoms. The SMILES string of the molecule is Cc1nc(C(=O)NN)c2n1-c1ccc(Cl)cc1C(c1ccccc1F)=NC2. The van der Waals surface area contributed by atoms with Crippen LogP contribution in [0.1, 0.15) is 33.1 Å². The maximum absolute atomic E-state index is 14.5. The summed E-state index contributed by atoms with van der Waals surface area (Å²) in [5.74, 6) is 4.99. The van der Waals surface area contributed by atoms with Crippen LogP contribution < -0.4 is 11.3 Å². The molecule has 1 aliphatic heterocycles. The number of nitrogens with two attached hydrogens (primary N) is 1. The third-order valence-electron chi connectivity index (χ3n) is 4.46. The van der Waals surface area contributed by atoms with Gasteiger partial charge in [-0.05, 0) is 37.3 Å². The maximum Gasteiger partial charge on any atom is 0.285 e. The van der Waals surface area contributed by atoms with Gasteiger partial charge in [-0.2, -0.15) is 0 Å². The normalized spacial score (nSPS) is 12.7. The molecule has 0 saturated heterocycles. The van der Waals surface area contributed by atoms with Gasteiger partial charge < -0.3 is 0 Å². The van der Waals surface area contributed by atoms with Crippen LogP contribution in [-0.2, 0) is 6.54 Å². The van der Waals surface area contributed by atoms with E-state index >= 15 is 0 Å². The summed E-state index contributed by atoms with van der Waals surface area (Å²) < 4.78 is 16.3. The van der Waals surface area contributed by atoms with E-state index < -0.39 is 5.91 Å². The lowest BCUT2D eigenvalue weighted by Gasteiger charge is -2.14. The molecule has 2 aromatic carbocycles. The fraction of sp³-hybridized carbons (Fsp3) is 0.105. The maximum atomic E-state index is 14.5. The van der Waals surface area contributed by atoms with Gasteiger partial charge in [-0.1, -0.05) is 23.7 Å². The molecular weight excluding hydrogens is 369 g/mol. The molecule has 1 aromatic heterocycles. The number of amides is 1. The van der Waals surface area contributed by atoms with E-state index in [4.69, 9.17) is 17.4 Å². The van der Waals surface area contributed by atoms with E-state index in [9.17, 15) is 9.18 Å². The Morgan fingerprint density at radius 3 is 2.78 bits per heavy atom. The number of imidazole rings is 1. The smallest absolute Gasteiger partial charge is 0.285 e. The van der Waals surface area contributed by atoms with Gasteiger partial charge in [0.05, 0.1) is 23.6 Å². The minimum atomic E-state index is -0.507. The number of aryl methyl sites for hydroxylation is 1. The fourth-order valence-corrected chi connectivity index (χ4v) is 3.48. The number of nitrogens with zero attached hydrogens (tertiary/aromatic N) is 3. The second-order valence-electron chi connectivity index (χ2n) is 6.07. The number of hydrogen-bond donors (Lipinski definition) is 2. The van der Waals surface area contributed by atoms with Crippen LogP contribution in [-0.4, -0.2) is 21.2 Å². The highest BCUT2D eigenvalue weighted by molar-refractivity contribution is 6.31. The number of carbonyl (C=O) groups is 1. The molecule has 0 aliphatic carbocycles. The van der Waals surface area contributed by atoms with E-state index in [-0.39, 0.29) is 18.1 Å². The molecule has 1 aliphatic rings. The molecule has 2 heterocycles. The Labute approximate surface area is 159 Å². The highest BCUT2D eigenvalue weighted by Gasteiger charge is 2.27. The summed E-state index contributed by atoms with van der Waals surface area (Å²) >= 11 is 6.21. The van der Waals surface area contributed by atoms with Gasteiger partial charge in [-0.25, -0.2) is 15.2 Å². The predicted molar refractivity (Wildman–Crippen MR) is 101 cm³/mol. The molecular formula is C19H15ClFN5O. The molecule has 0 unspecified atom stereocenters. The van der Waals surface area contributed by atoms with Crippen LogP contribution in [0.15, 0.2) is 47.5 Å². The highest BCUT2D eigenvalue weighted by atomic mass is 35.5. The van der Waals surface area contributed by atoms with E-state index in [1.807, 2.05) is 10.6 Å². The van der Waals surface area contributed by atoms with Crippen molar-refractivity contribution in [2.24, 2.45) is 10.8 Å². The number of rotatable bonds is 2. The van der Waals surface area contributed by atoms with Crippen molar-refractivity contribution in [3.05, 3.63) is 81.6 Å². The van der Waals surface area contributed by atoms with Crippen molar-refractivity contribution in [3.8, 4) is 5.69 Å². The monoisotopic (exact) mass is 383 g/mol. The van der Waals surface area contributed by atoms with Crippen molar-refractivity contribution in [2.45, 2.75) is 13.5 Å². The molecule has 1 amide bonds. The Bertz CT molecular complexity index is 1110. The molecule has 0 saturated carbocycles. The minimum Gasteiger partial charge on any atom is -0.298 e. The minimum absolute atomic E-state index is 0.138. The molecule has 0 radical (unpaired) electrons. The van der Waals surface area contributed by atoms with Gasteiger partial charge in [0.1, 0.15) is 11.6 Å². The second-order valence-corrected chi connectivity index (χ2v) is 6.51. The van der Waals surface area contributed by atoms with Gasteiger partial charge in [0.25, 0.3) is 5.91 Å². The first-order valence-corrected chi connectivity index (χ1v) is 8.58. The zero-order valence-electron chi connectivity index (χ0n) is 14.3. The highest BCUT2D eigenvalue weighted by Crippen LogP contribution is 2.30. The van der Waals surface area contributed by atoms with Crippen LogP contribution in [0.4, 0.5) is 4.39 Å². The predicted octanol–water partition coefficient (Wildman–Crippen LogP) is 2.93. The van der Waals surface area contributed by atoms with Gasteiger partial charge in [0.15, 0.2) is 5.69 Å². The quantitative estimate of drug-likeness (QED) is 0.405. The summed E-state index contributed by atoms with van der Waals surface area (Å²) in [7, 11) is 0. The molecule has 136 valence electrons. The van der Waals surface area contributed by atoms with E-state index in [0.29, 0.717) is 33.4 Å². The Morgan fingerprint density at radius 2 is 2.04 bits per heavy atom. The number of fused-ring (bicyclic) bond motifs is 3. The first-order valence-electron chi connectivity index (χ1n) is 8.20. The molecule has 0 atom stereocenters. The van der Waals surface area contributed by atoms with E-state index in [2.05, 4.69) is 15.4 Å². The van der Waals surface area contributed by atoms with Crippen LogP contribution in [0.25, 0.3) is 5.69 Å². The summed E-state index contributed by atoms with van der Waals surface area (Å²) in [6.45, 7) is 1.92. The van der Waals surface area contributed by atoms with Crippen molar-refractivity contribution in [1.82, 2.24) is 15.0 Å². The lowest BCUT2D eigenvalue weighted by molar-refractivity contribution is 0.0948. The van der Waals surface area contributed by atoms with Gasteiger partial charge in [0, 0.05) is 16.1 Å². The van der Waals surface area contributed by atoms with Gasteiger partial charge in [-0.3, -0.25) is 19.8 Å². The third-order valence-corrected chi connectivity index (χ3v) is 4.69. The number of carbonyl (C=O) groups excluding carboxylic acids is 1. The zero-order chi connectivity index (χ0) is 19.1. The Kier molecular flexibility index (Phi) is 4.25. The molecule has 0 fully saturated rings. The van der Waals surface area contributed by atoms with Crippen molar-refractivity contribution >= 4 is 23.2 Å². The molecule has 0 spiro atoms. The lowest BCUT2D eigenvalue weighted by atomic mass is 10.00. The Hall–Kier alpha value is -3.03. The summed E-state index contributed by atoms with van der Waals surface area (Å²) in [5, 5.41) is 0.499.